The second-order valence-electron chi connectivity index (χ2n) is 6.26. The molecule has 2 saturated carbocycles. The van der Waals surface area contributed by atoms with Crippen molar-refractivity contribution in [3.05, 3.63) is 34.3 Å². The van der Waals surface area contributed by atoms with Crippen LogP contribution >= 0.6 is 15.9 Å². The molecule has 2 bridgehead atoms. The van der Waals surface area contributed by atoms with Gasteiger partial charge in [0.1, 0.15) is 0 Å². The van der Waals surface area contributed by atoms with E-state index in [1.165, 1.54) is 37.7 Å². The fourth-order valence-corrected chi connectivity index (χ4v) is 4.55. The summed E-state index contributed by atoms with van der Waals surface area (Å²) in [6.45, 7) is 0. The second kappa shape index (κ2) is 5.34. The molecule has 2 heteroatoms. The molecule has 0 aromatic heterocycles. The molecule has 2 aliphatic rings. The largest absolute Gasteiger partial charge is 0.327 e. The van der Waals surface area contributed by atoms with E-state index in [0.29, 0.717) is 6.04 Å². The number of nitrogens with two attached hydrogens (primary N) is 1. The Hall–Kier alpha value is -0.340. The number of hydrogen-bond acceptors (Lipinski definition) is 1. The first-order chi connectivity index (χ1) is 8.70. The van der Waals surface area contributed by atoms with Crippen LogP contribution in [0.4, 0.5) is 0 Å². The normalized spacial score (nSPS) is 31.8. The van der Waals surface area contributed by atoms with E-state index in [1.807, 2.05) is 0 Å². The number of fused-ring (bicyclic) bond motifs is 2. The Morgan fingerprint density at radius 2 is 2.17 bits per heavy atom. The van der Waals surface area contributed by atoms with Crippen LogP contribution in [0, 0.1) is 17.8 Å². The Bertz CT molecular complexity index is 417. The van der Waals surface area contributed by atoms with Crippen molar-refractivity contribution in [3.63, 3.8) is 0 Å². The van der Waals surface area contributed by atoms with Crippen molar-refractivity contribution < 1.29 is 0 Å². The van der Waals surface area contributed by atoms with Crippen molar-refractivity contribution in [2.45, 2.75) is 44.6 Å². The lowest BCUT2D eigenvalue weighted by atomic mass is 9.83. The van der Waals surface area contributed by atoms with E-state index in [4.69, 9.17) is 5.73 Å². The fourth-order valence-electron chi connectivity index (χ4n) is 4.10. The van der Waals surface area contributed by atoms with E-state index in [2.05, 4.69) is 40.2 Å². The van der Waals surface area contributed by atoms with Crippen molar-refractivity contribution in [3.8, 4) is 0 Å². The number of benzene rings is 1. The number of hydrogen-bond donors (Lipinski definition) is 1. The van der Waals surface area contributed by atoms with Gasteiger partial charge < -0.3 is 5.73 Å². The highest BCUT2D eigenvalue weighted by molar-refractivity contribution is 9.10. The summed E-state index contributed by atoms with van der Waals surface area (Å²) in [4.78, 5) is 0. The molecule has 0 aliphatic heterocycles. The van der Waals surface area contributed by atoms with Crippen LogP contribution in [0.3, 0.4) is 0 Å². The molecule has 98 valence electrons. The zero-order valence-corrected chi connectivity index (χ0v) is 12.4. The van der Waals surface area contributed by atoms with Gasteiger partial charge in [0.15, 0.2) is 0 Å². The first-order valence-electron chi connectivity index (χ1n) is 7.20. The molecular weight excluding hydrogens is 286 g/mol. The predicted molar refractivity (Wildman–Crippen MR) is 79.4 cm³/mol. The Morgan fingerprint density at radius 3 is 2.83 bits per heavy atom. The van der Waals surface area contributed by atoms with Crippen LogP contribution in [-0.2, 0) is 6.42 Å². The van der Waals surface area contributed by atoms with Gasteiger partial charge in [0.25, 0.3) is 0 Å². The summed E-state index contributed by atoms with van der Waals surface area (Å²) in [6, 6.07) is 8.89. The lowest BCUT2D eigenvalue weighted by Gasteiger charge is -2.24. The van der Waals surface area contributed by atoms with E-state index < -0.39 is 0 Å². The summed E-state index contributed by atoms with van der Waals surface area (Å²) in [7, 11) is 0. The fraction of sp³-hybridized carbons (Fsp3) is 0.625. The van der Waals surface area contributed by atoms with Crippen molar-refractivity contribution >= 4 is 15.9 Å². The Kier molecular flexibility index (Phi) is 3.76. The summed E-state index contributed by atoms with van der Waals surface area (Å²) < 4.78 is 1.16. The molecule has 1 aromatic carbocycles. The molecular formula is C16H22BrN. The van der Waals surface area contributed by atoms with Gasteiger partial charge in [-0.1, -0.05) is 34.5 Å². The number of halogens is 1. The zero-order chi connectivity index (χ0) is 12.5. The molecule has 0 radical (unpaired) electrons. The molecule has 0 heterocycles. The highest BCUT2D eigenvalue weighted by Crippen LogP contribution is 2.49. The highest BCUT2D eigenvalue weighted by Gasteiger charge is 2.39. The maximum absolute atomic E-state index is 6.35. The Balaban J connectivity index is 1.54. The van der Waals surface area contributed by atoms with Crippen LogP contribution < -0.4 is 5.73 Å². The molecule has 0 saturated heterocycles. The average Bonchev–Trinajstić information content (AvgIpc) is 2.90. The van der Waals surface area contributed by atoms with Crippen molar-refractivity contribution in [1.82, 2.24) is 0 Å². The quantitative estimate of drug-likeness (QED) is 0.888. The molecule has 2 aliphatic carbocycles. The van der Waals surface area contributed by atoms with Crippen LogP contribution in [0.15, 0.2) is 28.7 Å². The third-order valence-electron chi connectivity index (χ3n) is 4.88. The van der Waals surface area contributed by atoms with Gasteiger partial charge in [-0.3, -0.25) is 0 Å². The third kappa shape index (κ3) is 2.80. The molecule has 18 heavy (non-hydrogen) atoms. The minimum Gasteiger partial charge on any atom is -0.327 e. The Labute approximate surface area is 118 Å². The standard InChI is InChI=1S/C16H22BrN/c17-15-3-1-2-11(8-15)9-16(18)10-14-7-12-4-5-13(14)6-12/h1-3,8,12-14,16H,4-7,9-10,18H2. The average molecular weight is 308 g/mol. The van der Waals surface area contributed by atoms with E-state index in [0.717, 1.165) is 28.6 Å². The molecule has 4 unspecified atom stereocenters. The molecule has 4 atom stereocenters. The smallest absolute Gasteiger partial charge is 0.0178 e. The van der Waals surface area contributed by atoms with Gasteiger partial charge in [0, 0.05) is 10.5 Å². The summed E-state index contributed by atoms with van der Waals surface area (Å²) in [5, 5.41) is 0. The van der Waals surface area contributed by atoms with Gasteiger partial charge in [-0.15, -0.1) is 0 Å². The van der Waals surface area contributed by atoms with Crippen LogP contribution in [0.2, 0.25) is 0 Å². The van der Waals surface area contributed by atoms with E-state index in [9.17, 15) is 0 Å². The topological polar surface area (TPSA) is 26.0 Å². The zero-order valence-electron chi connectivity index (χ0n) is 10.8. The summed E-state index contributed by atoms with van der Waals surface area (Å²) >= 11 is 3.53. The van der Waals surface area contributed by atoms with Crippen LogP contribution in [-0.4, -0.2) is 6.04 Å². The lowest BCUT2D eigenvalue weighted by Crippen LogP contribution is -2.28. The van der Waals surface area contributed by atoms with Crippen molar-refractivity contribution in [1.29, 1.82) is 0 Å². The van der Waals surface area contributed by atoms with Crippen LogP contribution in [0.5, 0.6) is 0 Å². The molecule has 0 spiro atoms. The number of rotatable bonds is 4. The lowest BCUT2D eigenvalue weighted by molar-refractivity contribution is 0.294. The molecule has 2 N–H and O–H groups in total. The molecule has 3 rings (SSSR count). The summed E-state index contributed by atoms with van der Waals surface area (Å²) in [5.74, 6) is 2.97. The van der Waals surface area contributed by atoms with Gasteiger partial charge in [0.2, 0.25) is 0 Å². The molecule has 0 amide bonds. The molecule has 1 nitrogen and oxygen atoms in total. The maximum Gasteiger partial charge on any atom is 0.0178 e. The van der Waals surface area contributed by atoms with Crippen molar-refractivity contribution in [2.75, 3.05) is 0 Å². The first-order valence-corrected chi connectivity index (χ1v) is 8.00. The second-order valence-corrected chi connectivity index (χ2v) is 7.18. The maximum atomic E-state index is 6.35. The summed E-state index contributed by atoms with van der Waals surface area (Å²) in [6.07, 6.45) is 8.16. The predicted octanol–water partition coefficient (Wildman–Crippen LogP) is 4.15. The first kappa shape index (κ1) is 12.7. The summed E-state index contributed by atoms with van der Waals surface area (Å²) in [5.41, 5.74) is 7.71. The molecule has 2 fully saturated rings. The van der Waals surface area contributed by atoms with Gasteiger partial charge in [0.05, 0.1) is 0 Å². The van der Waals surface area contributed by atoms with E-state index in [1.54, 1.807) is 0 Å². The van der Waals surface area contributed by atoms with Crippen molar-refractivity contribution in [2.24, 2.45) is 23.5 Å². The van der Waals surface area contributed by atoms with Crippen LogP contribution in [0.1, 0.15) is 37.7 Å². The highest BCUT2D eigenvalue weighted by atomic mass is 79.9. The molecule has 1 aromatic rings. The van der Waals surface area contributed by atoms with E-state index in [-0.39, 0.29) is 0 Å². The van der Waals surface area contributed by atoms with Gasteiger partial charge >= 0.3 is 0 Å². The van der Waals surface area contributed by atoms with Gasteiger partial charge in [-0.25, -0.2) is 0 Å². The van der Waals surface area contributed by atoms with E-state index >= 15 is 0 Å². The van der Waals surface area contributed by atoms with Gasteiger partial charge in [-0.2, -0.15) is 0 Å². The SMILES string of the molecule is NC(Cc1cccc(Br)c1)CC1CC2CCC1C2. The monoisotopic (exact) mass is 307 g/mol. The third-order valence-corrected chi connectivity index (χ3v) is 5.37. The minimum atomic E-state index is 0.337. The van der Waals surface area contributed by atoms with Crippen LogP contribution in [0.25, 0.3) is 0 Å². The Morgan fingerprint density at radius 1 is 1.28 bits per heavy atom. The van der Waals surface area contributed by atoms with Gasteiger partial charge in [-0.05, 0) is 67.6 Å². The minimum absolute atomic E-state index is 0.337.